The smallest absolute Gasteiger partial charge is 0.339 e. The molecule has 0 aliphatic heterocycles. The molecular formula is C26H28FNO6S. The molecule has 7 nitrogen and oxygen atoms in total. The molecule has 1 amide bonds. The Bertz CT molecular complexity index is 1280. The Hall–Kier alpha value is -3.59. The van der Waals surface area contributed by atoms with E-state index in [2.05, 4.69) is 0 Å². The third-order valence-electron chi connectivity index (χ3n) is 5.09. The molecule has 0 heterocycles. The van der Waals surface area contributed by atoms with Crippen LogP contribution in [0.4, 0.5) is 4.39 Å². The minimum atomic E-state index is -4.14. The number of rotatable bonds is 10. The predicted octanol–water partition coefficient (Wildman–Crippen LogP) is 4.91. The Morgan fingerprint density at radius 1 is 0.943 bits per heavy atom. The van der Waals surface area contributed by atoms with Crippen LogP contribution in [0.1, 0.15) is 29.8 Å². The van der Waals surface area contributed by atoms with Gasteiger partial charge in [0, 0.05) is 19.2 Å². The van der Waals surface area contributed by atoms with Gasteiger partial charge in [0.05, 0.1) is 19.8 Å². The average molecular weight is 502 g/mol. The maximum atomic E-state index is 13.4. The van der Waals surface area contributed by atoms with Crippen molar-refractivity contribution in [1.82, 2.24) is 4.90 Å². The second kappa shape index (κ2) is 11.2. The van der Waals surface area contributed by atoms with Crippen molar-refractivity contribution < 1.29 is 31.3 Å². The molecule has 0 atom stereocenters. The van der Waals surface area contributed by atoms with E-state index in [-0.39, 0.29) is 29.0 Å². The van der Waals surface area contributed by atoms with Crippen LogP contribution in [-0.4, -0.2) is 40.0 Å². The van der Waals surface area contributed by atoms with Crippen LogP contribution in [0, 0.1) is 11.7 Å². The summed E-state index contributed by atoms with van der Waals surface area (Å²) in [5, 5.41) is 0. The van der Waals surface area contributed by atoms with Gasteiger partial charge in [0.15, 0.2) is 0 Å². The highest BCUT2D eigenvalue weighted by Gasteiger charge is 2.22. The molecule has 3 aromatic carbocycles. The van der Waals surface area contributed by atoms with E-state index in [0.717, 1.165) is 24.3 Å². The second-order valence-electron chi connectivity index (χ2n) is 8.28. The van der Waals surface area contributed by atoms with Gasteiger partial charge in [-0.25, -0.2) is 4.39 Å². The summed E-state index contributed by atoms with van der Waals surface area (Å²) in [4.78, 5) is 14.9. The third-order valence-corrected chi connectivity index (χ3v) is 6.35. The lowest BCUT2D eigenvalue weighted by Gasteiger charge is -2.26. The van der Waals surface area contributed by atoms with Gasteiger partial charge in [-0.1, -0.05) is 26.0 Å². The monoisotopic (exact) mass is 501 g/mol. The van der Waals surface area contributed by atoms with Gasteiger partial charge in [0.1, 0.15) is 28.0 Å². The summed E-state index contributed by atoms with van der Waals surface area (Å²) in [6.07, 6.45) is 0. The van der Waals surface area contributed by atoms with Crippen LogP contribution in [0.5, 0.6) is 17.2 Å². The summed E-state index contributed by atoms with van der Waals surface area (Å²) in [6, 6.07) is 15.9. The van der Waals surface area contributed by atoms with Gasteiger partial charge in [0.25, 0.3) is 5.91 Å². The third kappa shape index (κ3) is 6.73. The van der Waals surface area contributed by atoms with Crippen molar-refractivity contribution in [2.24, 2.45) is 5.92 Å². The highest BCUT2D eigenvalue weighted by atomic mass is 32.2. The Balaban J connectivity index is 1.85. The number of ether oxygens (including phenoxy) is 2. The molecule has 0 aromatic heterocycles. The number of hydrogen-bond donors (Lipinski definition) is 0. The second-order valence-corrected chi connectivity index (χ2v) is 9.83. The molecule has 0 aliphatic rings. The highest BCUT2D eigenvalue weighted by molar-refractivity contribution is 7.87. The number of carbonyl (C=O) groups is 1. The molecule has 0 aliphatic carbocycles. The lowest BCUT2D eigenvalue weighted by molar-refractivity contribution is 0.0719. The first-order valence-electron chi connectivity index (χ1n) is 10.9. The van der Waals surface area contributed by atoms with Gasteiger partial charge >= 0.3 is 10.1 Å². The molecule has 0 fully saturated rings. The van der Waals surface area contributed by atoms with Gasteiger partial charge in [-0.2, -0.15) is 8.42 Å². The van der Waals surface area contributed by atoms with E-state index in [1.807, 2.05) is 13.8 Å². The zero-order chi connectivity index (χ0) is 25.6. The fraction of sp³-hybridized carbons (Fsp3) is 0.269. The van der Waals surface area contributed by atoms with E-state index >= 15 is 0 Å². The summed E-state index contributed by atoms with van der Waals surface area (Å²) >= 11 is 0. The Labute approximate surface area is 205 Å². The Morgan fingerprint density at radius 2 is 1.66 bits per heavy atom. The van der Waals surface area contributed by atoms with Gasteiger partial charge in [-0.05, 0) is 60.0 Å². The van der Waals surface area contributed by atoms with Crippen LogP contribution in [-0.2, 0) is 16.7 Å². The molecule has 35 heavy (non-hydrogen) atoms. The molecule has 0 saturated heterocycles. The molecule has 3 aromatic rings. The Morgan fingerprint density at radius 3 is 2.29 bits per heavy atom. The molecule has 3 rings (SSSR count). The molecule has 0 radical (unpaired) electrons. The van der Waals surface area contributed by atoms with Crippen molar-refractivity contribution in [3.63, 3.8) is 0 Å². The summed E-state index contributed by atoms with van der Waals surface area (Å²) in [7, 11) is -1.12. The number of hydrogen-bond acceptors (Lipinski definition) is 6. The van der Waals surface area contributed by atoms with Crippen LogP contribution < -0.4 is 13.7 Å². The molecule has 0 saturated carbocycles. The van der Waals surface area contributed by atoms with Gasteiger partial charge in [0.2, 0.25) is 0 Å². The lowest BCUT2D eigenvalue weighted by Crippen LogP contribution is -2.34. The zero-order valence-electron chi connectivity index (χ0n) is 20.0. The van der Waals surface area contributed by atoms with Crippen LogP contribution in [0.25, 0.3) is 0 Å². The summed E-state index contributed by atoms with van der Waals surface area (Å²) < 4.78 is 54.2. The molecule has 9 heteroatoms. The van der Waals surface area contributed by atoms with E-state index in [9.17, 15) is 17.6 Å². The molecule has 186 valence electrons. The standard InChI is InChI=1S/C26H28FNO6S/c1-18(2)16-28(26(29)24-13-10-21(32-3)15-25(24)33-4)17-19-6-5-7-22(14-19)34-35(30,31)23-11-8-20(27)9-12-23/h5-15,18H,16-17H2,1-4H3. The van der Waals surface area contributed by atoms with E-state index < -0.39 is 15.9 Å². The SMILES string of the molecule is COc1ccc(C(=O)N(Cc2cccc(OS(=O)(=O)c3ccc(F)cc3)c2)CC(C)C)c(OC)c1. The lowest BCUT2D eigenvalue weighted by atomic mass is 10.1. The van der Waals surface area contributed by atoms with E-state index in [0.29, 0.717) is 29.2 Å². The van der Waals surface area contributed by atoms with Crippen LogP contribution >= 0.6 is 0 Å². The minimum absolute atomic E-state index is 0.0887. The largest absolute Gasteiger partial charge is 0.497 e. The minimum Gasteiger partial charge on any atom is -0.497 e. The van der Waals surface area contributed by atoms with Crippen LogP contribution in [0.2, 0.25) is 0 Å². The first-order valence-corrected chi connectivity index (χ1v) is 12.3. The fourth-order valence-electron chi connectivity index (χ4n) is 3.50. The van der Waals surface area contributed by atoms with Gasteiger partial charge in [-0.15, -0.1) is 0 Å². The number of amides is 1. The summed E-state index contributed by atoms with van der Waals surface area (Å²) in [5.74, 6) is 0.455. The highest BCUT2D eigenvalue weighted by Crippen LogP contribution is 2.27. The first kappa shape index (κ1) is 26.0. The van der Waals surface area contributed by atoms with Crippen molar-refractivity contribution in [2.75, 3.05) is 20.8 Å². The predicted molar refractivity (Wildman–Crippen MR) is 130 cm³/mol. The van der Waals surface area contributed by atoms with Crippen LogP contribution in [0.15, 0.2) is 71.6 Å². The number of nitrogens with zero attached hydrogens (tertiary/aromatic N) is 1. The summed E-state index contributed by atoms with van der Waals surface area (Å²) in [5.41, 5.74) is 1.07. The van der Waals surface area contributed by atoms with Crippen molar-refractivity contribution in [2.45, 2.75) is 25.3 Å². The Kier molecular flexibility index (Phi) is 8.34. The quantitative estimate of drug-likeness (QED) is 0.367. The maximum absolute atomic E-state index is 13.4. The molecule has 0 unspecified atom stereocenters. The van der Waals surface area contributed by atoms with Crippen LogP contribution in [0.3, 0.4) is 0 Å². The number of benzene rings is 3. The fourth-order valence-corrected chi connectivity index (χ4v) is 4.42. The molecule has 0 spiro atoms. The van der Waals surface area contributed by atoms with Crippen molar-refractivity contribution >= 4 is 16.0 Å². The molecule has 0 bridgehead atoms. The van der Waals surface area contributed by atoms with E-state index in [4.69, 9.17) is 13.7 Å². The average Bonchev–Trinajstić information content (AvgIpc) is 2.82. The first-order chi connectivity index (χ1) is 16.6. The van der Waals surface area contributed by atoms with Crippen molar-refractivity contribution in [3.8, 4) is 17.2 Å². The number of carbonyl (C=O) groups excluding carboxylic acids is 1. The number of halogens is 1. The number of methoxy groups -OCH3 is 2. The molecular weight excluding hydrogens is 473 g/mol. The van der Waals surface area contributed by atoms with Crippen molar-refractivity contribution in [1.29, 1.82) is 0 Å². The normalized spacial score (nSPS) is 11.3. The molecule has 0 N–H and O–H groups in total. The van der Waals surface area contributed by atoms with Gasteiger partial charge in [-0.3, -0.25) is 4.79 Å². The van der Waals surface area contributed by atoms with E-state index in [1.54, 1.807) is 41.3 Å². The maximum Gasteiger partial charge on any atom is 0.339 e. The van der Waals surface area contributed by atoms with Gasteiger partial charge < -0.3 is 18.6 Å². The topological polar surface area (TPSA) is 82.1 Å². The zero-order valence-corrected chi connectivity index (χ0v) is 20.8. The van der Waals surface area contributed by atoms with Crippen molar-refractivity contribution in [3.05, 3.63) is 83.7 Å². The van der Waals surface area contributed by atoms with E-state index in [1.165, 1.54) is 20.3 Å². The summed E-state index contributed by atoms with van der Waals surface area (Å²) in [6.45, 7) is 4.69.